The lowest BCUT2D eigenvalue weighted by Crippen LogP contribution is -2.31. The molecule has 2 heterocycles. The molecule has 0 saturated heterocycles. The Balaban J connectivity index is 1.64. The zero-order valence-electron chi connectivity index (χ0n) is 17.7. The summed E-state index contributed by atoms with van der Waals surface area (Å²) in [5.74, 6) is -0.566. The second-order valence-corrected chi connectivity index (χ2v) is 8.20. The van der Waals surface area contributed by atoms with Gasteiger partial charge in [0.05, 0.1) is 12.1 Å². The molecule has 1 aliphatic heterocycles. The lowest BCUT2D eigenvalue weighted by atomic mass is 10.1. The minimum Gasteiger partial charge on any atom is -0.372 e. The van der Waals surface area contributed by atoms with Crippen LogP contribution in [0.3, 0.4) is 0 Å². The van der Waals surface area contributed by atoms with Crippen molar-refractivity contribution >= 4 is 40.1 Å². The molecular weight excluding hydrogens is 406 g/mol. The normalized spacial score (nSPS) is 13.8. The summed E-state index contributed by atoms with van der Waals surface area (Å²) in [4.78, 5) is 30.9. The number of thiophene rings is 1. The van der Waals surface area contributed by atoms with E-state index in [4.69, 9.17) is 0 Å². The van der Waals surface area contributed by atoms with Crippen LogP contribution in [0.2, 0.25) is 0 Å². The van der Waals surface area contributed by atoms with E-state index >= 15 is 0 Å². The molecule has 1 aromatic heterocycles. The van der Waals surface area contributed by atoms with E-state index in [-0.39, 0.29) is 18.4 Å². The first-order chi connectivity index (χ1) is 15.1. The van der Waals surface area contributed by atoms with Crippen molar-refractivity contribution < 1.29 is 9.59 Å². The summed E-state index contributed by atoms with van der Waals surface area (Å²) in [6, 6.07) is 21.3. The van der Waals surface area contributed by atoms with Crippen LogP contribution in [0.1, 0.15) is 24.3 Å². The first-order valence-electron chi connectivity index (χ1n) is 10.4. The first-order valence-corrected chi connectivity index (χ1v) is 11.3. The van der Waals surface area contributed by atoms with Gasteiger partial charge in [0.25, 0.3) is 11.8 Å². The summed E-state index contributed by atoms with van der Waals surface area (Å²) in [6.07, 6.45) is 0. The van der Waals surface area contributed by atoms with Crippen molar-refractivity contribution in [3.8, 4) is 0 Å². The van der Waals surface area contributed by atoms with Gasteiger partial charge in [-0.25, -0.2) is 0 Å². The number of carbonyl (C=O) groups excluding carboxylic acids is 2. The van der Waals surface area contributed by atoms with Crippen LogP contribution < -0.4 is 10.2 Å². The number of imide groups is 1. The minimum atomic E-state index is -0.301. The van der Waals surface area contributed by atoms with Gasteiger partial charge in [0.2, 0.25) is 0 Å². The van der Waals surface area contributed by atoms with Gasteiger partial charge in [-0.15, -0.1) is 11.3 Å². The zero-order chi connectivity index (χ0) is 21.8. The SMILES string of the molecule is CCN(CC)c1ccc(NC2=C(c3cccs3)C(=O)N(Cc3ccccc3)C2=O)cc1. The zero-order valence-corrected chi connectivity index (χ0v) is 18.5. The second-order valence-electron chi connectivity index (χ2n) is 7.25. The Kier molecular flexibility index (Phi) is 6.18. The molecule has 0 aliphatic carbocycles. The molecule has 6 heteroatoms. The Morgan fingerprint density at radius 2 is 1.58 bits per heavy atom. The molecule has 158 valence electrons. The van der Waals surface area contributed by atoms with Crippen molar-refractivity contribution in [2.45, 2.75) is 20.4 Å². The van der Waals surface area contributed by atoms with Gasteiger partial charge in [-0.2, -0.15) is 0 Å². The summed E-state index contributed by atoms with van der Waals surface area (Å²) in [6.45, 7) is 6.35. The highest BCUT2D eigenvalue weighted by molar-refractivity contribution is 7.11. The molecule has 0 unspecified atom stereocenters. The fourth-order valence-electron chi connectivity index (χ4n) is 3.74. The van der Waals surface area contributed by atoms with E-state index in [1.807, 2.05) is 72.1 Å². The maximum atomic E-state index is 13.3. The van der Waals surface area contributed by atoms with Gasteiger partial charge in [-0.3, -0.25) is 14.5 Å². The summed E-state index contributed by atoms with van der Waals surface area (Å²) in [5.41, 5.74) is 3.59. The predicted octanol–water partition coefficient (Wildman–Crippen LogP) is 4.99. The highest BCUT2D eigenvalue weighted by atomic mass is 32.1. The van der Waals surface area contributed by atoms with E-state index in [2.05, 4.69) is 24.1 Å². The second kappa shape index (κ2) is 9.18. The fraction of sp³-hybridized carbons (Fsp3) is 0.200. The topological polar surface area (TPSA) is 52.7 Å². The lowest BCUT2D eigenvalue weighted by molar-refractivity contribution is -0.137. The molecule has 2 amide bonds. The molecular formula is C25H25N3O2S. The molecule has 4 rings (SSSR count). The molecule has 0 spiro atoms. The van der Waals surface area contributed by atoms with Crippen LogP contribution in [0.5, 0.6) is 0 Å². The molecule has 0 atom stereocenters. The first kappa shape index (κ1) is 20.9. The number of rotatable bonds is 8. The van der Waals surface area contributed by atoms with E-state index in [9.17, 15) is 9.59 Å². The van der Waals surface area contributed by atoms with E-state index in [1.54, 1.807) is 0 Å². The van der Waals surface area contributed by atoms with E-state index in [1.165, 1.54) is 16.2 Å². The number of hydrogen-bond acceptors (Lipinski definition) is 5. The Morgan fingerprint density at radius 3 is 2.19 bits per heavy atom. The maximum Gasteiger partial charge on any atom is 0.278 e. The molecule has 0 bridgehead atoms. The van der Waals surface area contributed by atoms with Crippen LogP contribution in [0, 0.1) is 0 Å². The van der Waals surface area contributed by atoms with Crippen molar-refractivity contribution in [2.24, 2.45) is 0 Å². The Labute approximate surface area is 186 Å². The highest BCUT2D eigenvalue weighted by Crippen LogP contribution is 2.34. The van der Waals surface area contributed by atoms with Crippen molar-refractivity contribution in [3.63, 3.8) is 0 Å². The van der Waals surface area contributed by atoms with Crippen molar-refractivity contribution in [1.82, 2.24) is 4.90 Å². The van der Waals surface area contributed by atoms with Gasteiger partial charge >= 0.3 is 0 Å². The quantitative estimate of drug-likeness (QED) is 0.511. The Hall–Kier alpha value is -3.38. The fourth-order valence-corrected chi connectivity index (χ4v) is 4.51. The smallest absolute Gasteiger partial charge is 0.278 e. The third-order valence-corrected chi connectivity index (χ3v) is 6.27. The molecule has 31 heavy (non-hydrogen) atoms. The standard InChI is InChI=1S/C25H25N3O2S/c1-3-27(4-2)20-14-12-19(13-15-20)26-23-22(21-11-8-16-31-21)24(29)28(25(23)30)17-18-9-6-5-7-10-18/h5-16,26H,3-4,17H2,1-2H3. The average molecular weight is 432 g/mol. The van der Waals surface area contributed by atoms with Crippen LogP contribution >= 0.6 is 11.3 Å². The van der Waals surface area contributed by atoms with Gasteiger partial charge in [-0.05, 0) is 55.1 Å². The Bertz CT molecular complexity index is 1090. The van der Waals surface area contributed by atoms with Crippen molar-refractivity contribution in [2.75, 3.05) is 23.3 Å². The molecule has 5 nitrogen and oxygen atoms in total. The van der Waals surface area contributed by atoms with E-state index in [0.29, 0.717) is 11.3 Å². The van der Waals surface area contributed by atoms with Gasteiger partial charge in [0.1, 0.15) is 5.70 Å². The minimum absolute atomic E-state index is 0.249. The van der Waals surface area contributed by atoms with Crippen LogP contribution in [0.4, 0.5) is 11.4 Å². The van der Waals surface area contributed by atoms with Crippen LogP contribution in [-0.4, -0.2) is 29.8 Å². The van der Waals surface area contributed by atoms with Gasteiger partial charge in [-0.1, -0.05) is 36.4 Å². The monoisotopic (exact) mass is 431 g/mol. The molecule has 1 aliphatic rings. The number of amides is 2. The summed E-state index contributed by atoms with van der Waals surface area (Å²) in [7, 11) is 0. The predicted molar refractivity (Wildman–Crippen MR) is 127 cm³/mol. The molecule has 3 aromatic rings. The lowest BCUT2D eigenvalue weighted by Gasteiger charge is -2.21. The van der Waals surface area contributed by atoms with Crippen molar-refractivity contribution in [3.05, 3.63) is 88.2 Å². The number of nitrogens with zero attached hydrogens (tertiary/aromatic N) is 2. The van der Waals surface area contributed by atoms with Crippen LogP contribution in [-0.2, 0) is 16.1 Å². The maximum absolute atomic E-state index is 13.3. The third-order valence-electron chi connectivity index (χ3n) is 5.38. The van der Waals surface area contributed by atoms with Crippen molar-refractivity contribution in [1.29, 1.82) is 0 Å². The van der Waals surface area contributed by atoms with Gasteiger partial charge in [0.15, 0.2) is 0 Å². The molecule has 0 fully saturated rings. The van der Waals surface area contributed by atoms with Crippen LogP contribution in [0.15, 0.2) is 77.8 Å². The summed E-state index contributed by atoms with van der Waals surface area (Å²) in [5, 5.41) is 5.15. The highest BCUT2D eigenvalue weighted by Gasteiger charge is 2.39. The average Bonchev–Trinajstić information content (AvgIpc) is 3.40. The largest absolute Gasteiger partial charge is 0.372 e. The number of hydrogen-bond donors (Lipinski definition) is 1. The molecule has 1 N–H and O–H groups in total. The van der Waals surface area contributed by atoms with Gasteiger partial charge < -0.3 is 10.2 Å². The number of carbonyl (C=O) groups is 2. The molecule has 0 radical (unpaired) electrons. The van der Waals surface area contributed by atoms with Crippen LogP contribution in [0.25, 0.3) is 5.57 Å². The summed E-state index contributed by atoms with van der Waals surface area (Å²) < 4.78 is 0. The van der Waals surface area contributed by atoms with E-state index in [0.717, 1.165) is 34.9 Å². The van der Waals surface area contributed by atoms with Gasteiger partial charge in [0, 0.05) is 29.3 Å². The molecule has 2 aromatic carbocycles. The molecule has 0 saturated carbocycles. The number of nitrogens with one attached hydrogen (secondary N) is 1. The number of benzene rings is 2. The van der Waals surface area contributed by atoms with E-state index < -0.39 is 0 Å². The summed E-state index contributed by atoms with van der Waals surface area (Å²) >= 11 is 1.46. The third kappa shape index (κ3) is 4.25. The number of anilines is 2. The Morgan fingerprint density at radius 1 is 0.871 bits per heavy atom.